The van der Waals surface area contributed by atoms with Crippen LogP contribution < -0.4 is 0 Å². The summed E-state index contributed by atoms with van der Waals surface area (Å²) in [6.45, 7) is -1.24. The van der Waals surface area contributed by atoms with Crippen LogP contribution in [0.25, 0.3) is 0 Å². The first kappa shape index (κ1) is 26.5. The van der Waals surface area contributed by atoms with Gasteiger partial charge >= 0.3 is 5.97 Å². The lowest BCUT2D eigenvalue weighted by atomic mass is 9.97. The van der Waals surface area contributed by atoms with Gasteiger partial charge in [-0.1, -0.05) is 0 Å². The maximum Gasteiger partial charge on any atom is 0.335 e. The quantitative estimate of drug-likeness (QED) is 0.166. The molecule has 0 radical (unpaired) electrons. The van der Waals surface area contributed by atoms with Gasteiger partial charge in [-0.2, -0.15) is 0 Å². The van der Waals surface area contributed by atoms with Crippen molar-refractivity contribution < 1.29 is 79.5 Å². The summed E-state index contributed by atoms with van der Waals surface area (Å²) in [6, 6.07) is 0. The van der Waals surface area contributed by atoms with Gasteiger partial charge in [0.05, 0.1) is 13.2 Å². The number of carbonyl (C=O) groups is 1. The molecule has 192 valence electrons. The average molecular weight is 488 g/mol. The van der Waals surface area contributed by atoms with Crippen LogP contribution in [0.15, 0.2) is 0 Å². The molecule has 16 heteroatoms. The van der Waals surface area contributed by atoms with E-state index < -0.39 is 105 Å². The number of hydrogen-bond acceptors (Lipinski definition) is 15. The van der Waals surface area contributed by atoms with Gasteiger partial charge in [0.25, 0.3) is 0 Å². The average Bonchev–Trinajstić information content (AvgIpc) is 2.78. The van der Waals surface area contributed by atoms with Crippen LogP contribution in [0.1, 0.15) is 0 Å². The van der Waals surface area contributed by atoms with E-state index in [-0.39, 0.29) is 0 Å². The van der Waals surface area contributed by atoms with Crippen LogP contribution in [-0.4, -0.2) is 156 Å². The van der Waals surface area contributed by atoms with Gasteiger partial charge in [-0.25, -0.2) is 4.79 Å². The number of carboxylic acid groups (broad SMARTS) is 1. The number of rotatable bonds is 6. The number of ether oxygens (including phenoxy) is 5. The Morgan fingerprint density at radius 3 is 2.00 bits per heavy atom. The van der Waals surface area contributed by atoms with Crippen molar-refractivity contribution in [3.63, 3.8) is 0 Å². The maximum atomic E-state index is 11.4. The van der Waals surface area contributed by atoms with Crippen molar-refractivity contribution in [1.82, 2.24) is 0 Å². The molecule has 3 saturated heterocycles. The summed E-state index contributed by atoms with van der Waals surface area (Å²) in [4.78, 5) is 11.4. The standard InChI is InChI=1S/C17H28O16/c18-1-3-5(19)7(21)11(25)17(30-3)31-4-2-29-16(10(24)6(4)20)33-12-8(22)9(23)15(28)32-13(12)14(26)27/h3-13,15-25,28H,1-2H2,(H,26,27)/t3-,4+,5+,6+,7+,8-,9-,10-,11-,12+,13+,15-,16+,17+/m1/s1. The third kappa shape index (κ3) is 5.29. The molecular weight excluding hydrogens is 460 g/mol. The fourth-order valence-electron chi connectivity index (χ4n) is 3.72. The van der Waals surface area contributed by atoms with Crippen molar-refractivity contribution in [3.8, 4) is 0 Å². The molecule has 3 aliphatic heterocycles. The van der Waals surface area contributed by atoms with E-state index in [0.717, 1.165) is 0 Å². The van der Waals surface area contributed by atoms with Crippen molar-refractivity contribution in [3.05, 3.63) is 0 Å². The zero-order valence-electron chi connectivity index (χ0n) is 16.9. The van der Waals surface area contributed by atoms with Crippen molar-refractivity contribution in [2.75, 3.05) is 13.2 Å². The fraction of sp³-hybridized carbons (Fsp3) is 0.941. The molecule has 33 heavy (non-hydrogen) atoms. The molecule has 0 unspecified atom stereocenters. The van der Waals surface area contributed by atoms with Crippen LogP contribution in [0.4, 0.5) is 0 Å². The lowest BCUT2D eigenvalue weighted by Gasteiger charge is -2.45. The topological polar surface area (TPSA) is 266 Å². The summed E-state index contributed by atoms with van der Waals surface area (Å²) >= 11 is 0. The van der Waals surface area contributed by atoms with Gasteiger partial charge in [0.1, 0.15) is 61.0 Å². The Labute approximate surface area is 185 Å². The molecule has 3 rings (SSSR count). The Morgan fingerprint density at radius 1 is 0.758 bits per heavy atom. The highest BCUT2D eigenvalue weighted by Crippen LogP contribution is 2.29. The monoisotopic (exact) mass is 488 g/mol. The van der Waals surface area contributed by atoms with Gasteiger partial charge in [-0.05, 0) is 0 Å². The third-order valence-corrected chi connectivity index (χ3v) is 5.69. The second-order valence-electron chi connectivity index (χ2n) is 7.92. The molecule has 0 aromatic heterocycles. The molecule has 0 amide bonds. The van der Waals surface area contributed by atoms with Gasteiger partial charge in [-0.15, -0.1) is 0 Å². The van der Waals surface area contributed by atoms with Gasteiger partial charge < -0.3 is 74.7 Å². The molecule has 10 N–H and O–H groups in total. The minimum atomic E-state index is -2.01. The third-order valence-electron chi connectivity index (χ3n) is 5.69. The Balaban J connectivity index is 1.64. The second kappa shape index (κ2) is 10.7. The van der Waals surface area contributed by atoms with Gasteiger partial charge in [0.2, 0.25) is 0 Å². The van der Waals surface area contributed by atoms with Crippen LogP contribution in [-0.2, 0) is 28.5 Å². The van der Waals surface area contributed by atoms with Crippen molar-refractivity contribution >= 4 is 5.97 Å². The summed E-state index contributed by atoms with van der Waals surface area (Å²) < 4.78 is 25.7. The molecule has 0 saturated carbocycles. The van der Waals surface area contributed by atoms with Crippen LogP contribution >= 0.6 is 0 Å². The molecule has 0 bridgehead atoms. The SMILES string of the molecule is O=C(O)[C@H]1O[C@@H](O)[C@H](O)[C@@H](O)[C@@H]1O[C@@H]1OC[C@H](O[C@@H]2O[C@H](CO)[C@H](O)[C@H](O)[C@H]2O)[C@H](O)[C@H]1O. The molecule has 3 fully saturated rings. The van der Waals surface area contributed by atoms with Crippen LogP contribution in [0.3, 0.4) is 0 Å². The lowest BCUT2D eigenvalue weighted by Crippen LogP contribution is -2.64. The molecule has 3 aliphatic rings. The predicted octanol–water partition coefficient (Wildman–Crippen LogP) is -6.84. The molecule has 14 atom stereocenters. The van der Waals surface area contributed by atoms with Crippen molar-refractivity contribution in [2.45, 2.75) is 86.0 Å². The van der Waals surface area contributed by atoms with Crippen LogP contribution in [0.2, 0.25) is 0 Å². The summed E-state index contributed by atoms with van der Waals surface area (Å²) in [7, 11) is 0. The predicted molar refractivity (Wildman–Crippen MR) is 95.8 cm³/mol. The number of aliphatic hydroxyl groups excluding tert-OH is 9. The molecular formula is C17H28O16. The molecule has 0 spiro atoms. The number of hydrogen-bond donors (Lipinski definition) is 10. The first-order valence-electron chi connectivity index (χ1n) is 9.99. The number of carboxylic acids is 1. The minimum Gasteiger partial charge on any atom is -0.479 e. The first-order valence-corrected chi connectivity index (χ1v) is 9.99. The Kier molecular flexibility index (Phi) is 8.57. The first-order chi connectivity index (χ1) is 15.5. The van der Waals surface area contributed by atoms with Gasteiger partial charge in [0.15, 0.2) is 25.0 Å². The highest BCUT2D eigenvalue weighted by molar-refractivity contribution is 5.73. The zero-order valence-corrected chi connectivity index (χ0v) is 16.9. The second-order valence-corrected chi connectivity index (χ2v) is 7.92. The summed E-state index contributed by atoms with van der Waals surface area (Å²) in [6.07, 6.45) is -24.5. The lowest BCUT2D eigenvalue weighted by molar-refractivity contribution is -0.360. The molecule has 3 heterocycles. The van der Waals surface area contributed by atoms with E-state index >= 15 is 0 Å². The molecule has 0 aliphatic carbocycles. The van der Waals surface area contributed by atoms with E-state index in [9.17, 15) is 55.9 Å². The smallest absolute Gasteiger partial charge is 0.335 e. The molecule has 0 aromatic carbocycles. The Hall–Kier alpha value is -1.09. The Bertz CT molecular complexity index is 663. The molecule has 16 nitrogen and oxygen atoms in total. The summed E-state index contributed by atoms with van der Waals surface area (Å²) in [5.41, 5.74) is 0. The highest BCUT2D eigenvalue weighted by Gasteiger charge is 2.52. The van der Waals surface area contributed by atoms with E-state index in [2.05, 4.69) is 0 Å². The van der Waals surface area contributed by atoms with Gasteiger partial charge in [0, 0.05) is 0 Å². The van der Waals surface area contributed by atoms with E-state index in [0.29, 0.717) is 0 Å². The normalized spacial score (nSPS) is 51.3. The number of aliphatic hydroxyl groups is 9. The van der Waals surface area contributed by atoms with Crippen LogP contribution in [0, 0.1) is 0 Å². The minimum absolute atomic E-state index is 0.523. The van der Waals surface area contributed by atoms with E-state index in [4.69, 9.17) is 23.7 Å². The van der Waals surface area contributed by atoms with E-state index in [1.807, 2.05) is 0 Å². The molecule has 0 aromatic rings. The van der Waals surface area contributed by atoms with E-state index in [1.165, 1.54) is 0 Å². The van der Waals surface area contributed by atoms with Gasteiger partial charge in [-0.3, -0.25) is 0 Å². The largest absolute Gasteiger partial charge is 0.479 e. The van der Waals surface area contributed by atoms with Crippen LogP contribution in [0.5, 0.6) is 0 Å². The summed E-state index contributed by atoms with van der Waals surface area (Å²) in [5, 5.41) is 98.2. The van der Waals surface area contributed by atoms with E-state index in [1.54, 1.807) is 0 Å². The Morgan fingerprint density at radius 2 is 1.39 bits per heavy atom. The number of aliphatic carboxylic acids is 1. The van der Waals surface area contributed by atoms with Crippen molar-refractivity contribution in [1.29, 1.82) is 0 Å². The maximum absolute atomic E-state index is 11.4. The highest BCUT2D eigenvalue weighted by atomic mass is 16.7. The fourth-order valence-corrected chi connectivity index (χ4v) is 3.72. The summed E-state index contributed by atoms with van der Waals surface area (Å²) in [5.74, 6) is -1.65. The van der Waals surface area contributed by atoms with Crippen molar-refractivity contribution in [2.24, 2.45) is 0 Å². The zero-order chi connectivity index (χ0) is 24.6.